The molecule has 1 fully saturated rings. The Kier molecular flexibility index (Phi) is 11.8. The third-order valence-electron chi connectivity index (χ3n) is 5.46. The molecule has 0 aliphatic carbocycles. The maximum atomic E-state index is 13.1. The normalized spacial score (nSPS) is 18.1. The molecular formula is C24H40N4O8. The molecule has 0 bridgehead atoms. The van der Waals surface area contributed by atoms with Crippen LogP contribution in [-0.4, -0.2) is 82.4 Å². The Morgan fingerprint density at radius 2 is 1.64 bits per heavy atom. The predicted octanol–water partition coefficient (Wildman–Crippen LogP) is 0.970. The van der Waals surface area contributed by atoms with E-state index in [0.29, 0.717) is 25.7 Å². The Labute approximate surface area is 211 Å². The largest absolute Gasteiger partial charge is 0.480 e. The van der Waals surface area contributed by atoms with Crippen LogP contribution in [0.4, 0.5) is 4.79 Å². The Balaban J connectivity index is 2.98. The second-order valence-corrected chi connectivity index (χ2v) is 10.4. The Hall–Kier alpha value is -3.18. The molecule has 1 heterocycles. The van der Waals surface area contributed by atoms with Gasteiger partial charge in [-0.2, -0.15) is 0 Å². The number of amides is 4. The van der Waals surface area contributed by atoms with Gasteiger partial charge in [0.15, 0.2) is 0 Å². The van der Waals surface area contributed by atoms with Gasteiger partial charge in [-0.1, -0.05) is 13.8 Å². The van der Waals surface area contributed by atoms with Crippen LogP contribution in [-0.2, 0) is 28.7 Å². The summed E-state index contributed by atoms with van der Waals surface area (Å²) in [5, 5.41) is 16.6. The summed E-state index contributed by atoms with van der Waals surface area (Å²) in [5.41, 5.74) is -0.739. The van der Waals surface area contributed by atoms with Gasteiger partial charge in [0.2, 0.25) is 17.7 Å². The zero-order chi connectivity index (χ0) is 27.6. The van der Waals surface area contributed by atoms with Crippen LogP contribution in [0.3, 0.4) is 0 Å². The molecule has 0 saturated carbocycles. The van der Waals surface area contributed by atoms with Crippen LogP contribution in [0.1, 0.15) is 73.6 Å². The van der Waals surface area contributed by atoms with E-state index in [-0.39, 0.29) is 25.2 Å². The minimum atomic E-state index is -1.22. The van der Waals surface area contributed by atoms with Gasteiger partial charge >= 0.3 is 12.1 Å². The van der Waals surface area contributed by atoms with Crippen molar-refractivity contribution in [1.82, 2.24) is 20.9 Å². The molecule has 0 spiro atoms. The lowest BCUT2D eigenvalue weighted by Crippen LogP contribution is -2.57. The average molecular weight is 513 g/mol. The summed E-state index contributed by atoms with van der Waals surface area (Å²) in [6.07, 6.45) is 1.15. The smallest absolute Gasteiger partial charge is 0.410 e. The zero-order valence-corrected chi connectivity index (χ0v) is 22.0. The molecule has 4 amide bonds. The van der Waals surface area contributed by atoms with Crippen molar-refractivity contribution in [3.63, 3.8) is 0 Å². The maximum Gasteiger partial charge on any atom is 0.410 e. The molecule has 4 unspecified atom stereocenters. The lowest BCUT2D eigenvalue weighted by atomic mass is 10.0. The fraction of sp³-hybridized carbons (Fsp3) is 0.750. The third kappa shape index (κ3) is 10.2. The second kappa shape index (κ2) is 13.8. The van der Waals surface area contributed by atoms with E-state index in [0.717, 1.165) is 0 Å². The molecule has 12 heteroatoms. The molecule has 1 rings (SSSR count). The number of likely N-dealkylation sites (tertiary alicyclic amines) is 1. The van der Waals surface area contributed by atoms with Crippen LogP contribution >= 0.6 is 0 Å². The van der Waals surface area contributed by atoms with Crippen LogP contribution in [0.15, 0.2) is 0 Å². The van der Waals surface area contributed by atoms with Crippen LogP contribution in [0.5, 0.6) is 0 Å². The maximum absolute atomic E-state index is 13.1. The summed E-state index contributed by atoms with van der Waals surface area (Å²) in [4.78, 5) is 74.7. The predicted molar refractivity (Wildman–Crippen MR) is 130 cm³/mol. The number of carbonyl (C=O) groups is 6. The van der Waals surface area contributed by atoms with Crippen molar-refractivity contribution in [2.45, 2.75) is 103 Å². The Morgan fingerprint density at radius 3 is 2.17 bits per heavy atom. The molecule has 0 radical (unpaired) electrons. The van der Waals surface area contributed by atoms with Crippen molar-refractivity contribution >= 4 is 36.1 Å². The van der Waals surface area contributed by atoms with Crippen molar-refractivity contribution in [3.05, 3.63) is 0 Å². The van der Waals surface area contributed by atoms with E-state index in [1.165, 1.54) is 11.8 Å². The van der Waals surface area contributed by atoms with Gasteiger partial charge < -0.3 is 30.6 Å². The van der Waals surface area contributed by atoms with Gasteiger partial charge in [-0.15, -0.1) is 0 Å². The van der Waals surface area contributed by atoms with Gasteiger partial charge in [-0.25, -0.2) is 4.79 Å². The number of nitrogens with one attached hydrogen (secondary N) is 3. The molecule has 0 aromatic carbocycles. The van der Waals surface area contributed by atoms with Crippen LogP contribution < -0.4 is 16.0 Å². The number of aliphatic carboxylic acids is 1. The molecule has 12 nitrogen and oxygen atoms in total. The minimum Gasteiger partial charge on any atom is -0.480 e. The molecule has 0 aromatic heterocycles. The molecule has 1 saturated heterocycles. The summed E-state index contributed by atoms with van der Waals surface area (Å²) in [7, 11) is 0. The van der Waals surface area contributed by atoms with E-state index in [9.17, 15) is 28.8 Å². The first-order chi connectivity index (χ1) is 16.7. The summed E-state index contributed by atoms with van der Waals surface area (Å²) >= 11 is 0. The van der Waals surface area contributed by atoms with Crippen LogP contribution in [0.25, 0.3) is 0 Å². The van der Waals surface area contributed by atoms with Crippen molar-refractivity contribution in [1.29, 1.82) is 0 Å². The van der Waals surface area contributed by atoms with Gasteiger partial charge in [0.1, 0.15) is 36.1 Å². The number of nitrogens with zero attached hydrogens (tertiary/aromatic N) is 1. The number of ether oxygens (including phenoxy) is 1. The van der Waals surface area contributed by atoms with Gasteiger partial charge in [0.05, 0.1) is 0 Å². The standard InChI is InChI=1S/C24H40N4O8/c1-14(2)13-17(20(31)25-15(3)22(33)34)27-19(30)16(9-8-12-29)26-21(32)18-10-7-11-28(18)23(35)36-24(4,5)6/h12,14-18H,7-11,13H2,1-6H3,(H,25,31)(H,26,32)(H,27,30)(H,33,34). The average Bonchev–Trinajstić information content (AvgIpc) is 3.24. The lowest BCUT2D eigenvalue weighted by Gasteiger charge is -2.29. The molecule has 1 aliphatic rings. The van der Waals surface area contributed by atoms with E-state index in [4.69, 9.17) is 9.84 Å². The number of carboxylic acids is 1. The SMILES string of the molecule is CC(C)CC(NC(=O)C(CCC=O)NC(=O)C1CCCN1C(=O)OC(C)(C)C)C(=O)NC(C)C(=O)O. The van der Waals surface area contributed by atoms with E-state index in [1.807, 2.05) is 13.8 Å². The van der Waals surface area contributed by atoms with Crippen molar-refractivity contribution < 1.29 is 38.6 Å². The highest BCUT2D eigenvalue weighted by atomic mass is 16.6. The van der Waals surface area contributed by atoms with Gasteiger partial charge in [-0.05, 0) is 59.3 Å². The molecular weight excluding hydrogens is 472 g/mol. The highest BCUT2D eigenvalue weighted by Gasteiger charge is 2.38. The molecule has 4 atom stereocenters. The van der Waals surface area contributed by atoms with Gasteiger partial charge in [0.25, 0.3) is 0 Å². The van der Waals surface area contributed by atoms with Crippen LogP contribution in [0.2, 0.25) is 0 Å². The third-order valence-corrected chi connectivity index (χ3v) is 5.46. The first-order valence-electron chi connectivity index (χ1n) is 12.2. The highest BCUT2D eigenvalue weighted by molar-refractivity contribution is 5.94. The Morgan fingerprint density at radius 1 is 1.03 bits per heavy atom. The van der Waals surface area contributed by atoms with E-state index in [1.54, 1.807) is 20.8 Å². The zero-order valence-electron chi connectivity index (χ0n) is 22.0. The number of carboxylic acid groups (broad SMARTS) is 1. The Bertz CT molecular complexity index is 823. The van der Waals surface area contributed by atoms with E-state index >= 15 is 0 Å². The second-order valence-electron chi connectivity index (χ2n) is 10.4. The summed E-state index contributed by atoms with van der Waals surface area (Å²) in [5.74, 6) is -3.14. The van der Waals surface area contributed by atoms with Gasteiger partial charge in [0, 0.05) is 13.0 Å². The highest BCUT2D eigenvalue weighted by Crippen LogP contribution is 2.21. The van der Waals surface area contributed by atoms with E-state index < -0.39 is 59.6 Å². The first-order valence-corrected chi connectivity index (χ1v) is 12.2. The number of carbonyl (C=O) groups excluding carboxylic acids is 5. The summed E-state index contributed by atoms with van der Waals surface area (Å²) in [6, 6.07) is -4.17. The minimum absolute atomic E-state index is 0.00919. The fourth-order valence-electron chi connectivity index (χ4n) is 3.70. The fourth-order valence-corrected chi connectivity index (χ4v) is 3.70. The summed E-state index contributed by atoms with van der Waals surface area (Å²) < 4.78 is 5.38. The van der Waals surface area contributed by atoms with Crippen molar-refractivity contribution in [2.24, 2.45) is 5.92 Å². The number of rotatable bonds is 12. The number of hydrogen-bond donors (Lipinski definition) is 4. The van der Waals surface area contributed by atoms with Crippen molar-refractivity contribution in [2.75, 3.05) is 6.54 Å². The monoisotopic (exact) mass is 512 g/mol. The molecule has 36 heavy (non-hydrogen) atoms. The molecule has 1 aliphatic heterocycles. The first kappa shape index (κ1) is 30.9. The summed E-state index contributed by atoms with van der Waals surface area (Å²) in [6.45, 7) is 10.5. The quantitative estimate of drug-likeness (QED) is 0.280. The van der Waals surface area contributed by atoms with E-state index in [2.05, 4.69) is 16.0 Å². The van der Waals surface area contributed by atoms with Crippen molar-refractivity contribution in [3.8, 4) is 0 Å². The molecule has 204 valence electrons. The number of hydrogen-bond acceptors (Lipinski definition) is 7. The van der Waals surface area contributed by atoms with Gasteiger partial charge in [-0.3, -0.25) is 24.1 Å². The number of aldehydes is 1. The van der Waals surface area contributed by atoms with Crippen LogP contribution in [0, 0.1) is 5.92 Å². The lowest BCUT2D eigenvalue weighted by molar-refractivity contribution is -0.142. The molecule has 0 aromatic rings. The topological polar surface area (TPSA) is 171 Å². The molecule has 4 N–H and O–H groups in total.